The summed E-state index contributed by atoms with van der Waals surface area (Å²) in [5.74, 6) is 1.56. The lowest BCUT2D eigenvalue weighted by atomic mass is 9.93. The van der Waals surface area contributed by atoms with E-state index >= 15 is 0 Å². The van der Waals surface area contributed by atoms with Crippen molar-refractivity contribution in [3.63, 3.8) is 0 Å². The zero-order valence-corrected chi connectivity index (χ0v) is 16.7. The molecule has 140 valence electrons. The molecule has 26 heavy (non-hydrogen) atoms. The summed E-state index contributed by atoms with van der Waals surface area (Å²) in [6, 6.07) is 6.08. The fraction of sp³-hybridized carbons (Fsp3) is 0.474. The van der Waals surface area contributed by atoms with E-state index in [1.54, 1.807) is 6.07 Å². The van der Waals surface area contributed by atoms with Crippen LogP contribution < -0.4 is 5.32 Å². The molecule has 2 aromatic rings. The Labute approximate surface area is 165 Å². The first-order chi connectivity index (χ1) is 12.6. The van der Waals surface area contributed by atoms with E-state index < -0.39 is 0 Å². The number of guanidine groups is 1. The van der Waals surface area contributed by atoms with Crippen LogP contribution in [0.5, 0.6) is 0 Å². The highest BCUT2D eigenvalue weighted by atomic mass is 35.5. The van der Waals surface area contributed by atoms with E-state index in [1.165, 1.54) is 0 Å². The first kappa shape index (κ1) is 19.1. The van der Waals surface area contributed by atoms with E-state index in [-0.39, 0.29) is 0 Å². The van der Waals surface area contributed by atoms with Gasteiger partial charge in [0.15, 0.2) is 5.96 Å². The first-order valence-electron chi connectivity index (χ1n) is 8.95. The van der Waals surface area contributed by atoms with Crippen molar-refractivity contribution in [1.29, 1.82) is 0 Å². The van der Waals surface area contributed by atoms with Gasteiger partial charge in [0.05, 0.1) is 12.4 Å². The van der Waals surface area contributed by atoms with E-state index in [1.807, 2.05) is 37.9 Å². The SMILES string of the molecule is CN=C(NCCc1cc(Cl)cc(Cl)c1)N1CCC(C)C(n2ccnc2)C1. The van der Waals surface area contributed by atoms with E-state index in [0.29, 0.717) is 22.0 Å². The number of nitrogens with one attached hydrogen (secondary N) is 1. The molecule has 1 fully saturated rings. The zero-order chi connectivity index (χ0) is 18.5. The Bertz CT molecular complexity index is 724. The highest BCUT2D eigenvalue weighted by Gasteiger charge is 2.28. The molecule has 5 nitrogen and oxygen atoms in total. The van der Waals surface area contributed by atoms with Gasteiger partial charge < -0.3 is 14.8 Å². The third kappa shape index (κ3) is 4.71. The van der Waals surface area contributed by atoms with Gasteiger partial charge in [0.2, 0.25) is 0 Å². The average Bonchev–Trinajstić information content (AvgIpc) is 3.13. The number of rotatable bonds is 4. The van der Waals surface area contributed by atoms with Crippen molar-refractivity contribution in [1.82, 2.24) is 19.8 Å². The summed E-state index contributed by atoms with van der Waals surface area (Å²) in [4.78, 5) is 11.0. The molecule has 7 heteroatoms. The lowest BCUT2D eigenvalue weighted by Crippen LogP contribution is -2.49. The maximum atomic E-state index is 6.07. The number of benzene rings is 1. The quantitative estimate of drug-likeness (QED) is 0.632. The number of imidazole rings is 1. The maximum absolute atomic E-state index is 6.07. The number of aliphatic imine (C=N–C) groups is 1. The summed E-state index contributed by atoms with van der Waals surface area (Å²) in [6.45, 7) is 5.03. The second-order valence-electron chi connectivity index (χ2n) is 6.79. The molecule has 0 bridgehead atoms. The molecule has 1 aliphatic heterocycles. The molecule has 0 radical (unpaired) electrons. The van der Waals surface area contributed by atoms with Crippen LogP contribution in [-0.4, -0.2) is 47.1 Å². The smallest absolute Gasteiger partial charge is 0.193 e. The molecular weight excluding hydrogens is 369 g/mol. The molecule has 1 aromatic heterocycles. The topological polar surface area (TPSA) is 45.5 Å². The van der Waals surface area contributed by atoms with Gasteiger partial charge in [-0.1, -0.05) is 30.1 Å². The minimum atomic E-state index is 0.413. The Morgan fingerprint density at radius 3 is 2.73 bits per heavy atom. The van der Waals surface area contributed by atoms with Crippen molar-refractivity contribution in [2.75, 3.05) is 26.7 Å². The Morgan fingerprint density at radius 1 is 1.31 bits per heavy atom. The zero-order valence-electron chi connectivity index (χ0n) is 15.2. The van der Waals surface area contributed by atoms with Gasteiger partial charge in [0.1, 0.15) is 0 Å². The molecule has 1 aliphatic rings. The van der Waals surface area contributed by atoms with Gasteiger partial charge >= 0.3 is 0 Å². The van der Waals surface area contributed by atoms with Crippen LogP contribution in [0.3, 0.4) is 0 Å². The minimum absolute atomic E-state index is 0.413. The highest BCUT2D eigenvalue weighted by Crippen LogP contribution is 2.27. The molecule has 1 aromatic carbocycles. The van der Waals surface area contributed by atoms with Crippen molar-refractivity contribution in [2.24, 2.45) is 10.9 Å². The van der Waals surface area contributed by atoms with Crippen LogP contribution in [0.4, 0.5) is 0 Å². The van der Waals surface area contributed by atoms with Crippen LogP contribution in [0.15, 0.2) is 41.9 Å². The van der Waals surface area contributed by atoms with Crippen LogP contribution in [0.2, 0.25) is 10.0 Å². The summed E-state index contributed by atoms with van der Waals surface area (Å²) in [7, 11) is 1.84. The summed E-state index contributed by atoms with van der Waals surface area (Å²) in [5.41, 5.74) is 1.12. The normalized spacial score (nSPS) is 21.1. The van der Waals surface area contributed by atoms with Crippen molar-refractivity contribution >= 4 is 29.2 Å². The van der Waals surface area contributed by atoms with Gasteiger partial charge in [-0.25, -0.2) is 4.98 Å². The lowest BCUT2D eigenvalue weighted by Gasteiger charge is -2.39. The molecule has 1 saturated heterocycles. The van der Waals surface area contributed by atoms with Crippen LogP contribution in [0, 0.1) is 5.92 Å². The number of aromatic nitrogens is 2. The van der Waals surface area contributed by atoms with Gasteiger partial charge in [0.25, 0.3) is 0 Å². The standard InChI is InChI=1S/C19H25Cl2N5/c1-14-4-7-25(12-18(14)26-8-6-23-13-26)19(22-2)24-5-3-15-9-16(20)11-17(21)10-15/h6,8-11,13-14,18H,3-5,7,12H2,1-2H3,(H,22,24). The Morgan fingerprint density at radius 2 is 2.08 bits per heavy atom. The van der Waals surface area contributed by atoms with Crippen LogP contribution in [0.1, 0.15) is 24.9 Å². The van der Waals surface area contributed by atoms with Gasteiger partial charge in [0, 0.05) is 49.1 Å². The van der Waals surface area contributed by atoms with E-state index in [4.69, 9.17) is 23.2 Å². The van der Waals surface area contributed by atoms with Crippen molar-refractivity contribution < 1.29 is 0 Å². The molecule has 3 rings (SSSR count). The monoisotopic (exact) mass is 393 g/mol. The van der Waals surface area contributed by atoms with Crippen LogP contribution in [0.25, 0.3) is 0 Å². The Kier molecular flexibility index (Phi) is 6.43. The summed E-state index contributed by atoms with van der Waals surface area (Å²) >= 11 is 12.1. The number of nitrogens with zero attached hydrogens (tertiary/aromatic N) is 4. The second-order valence-corrected chi connectivity index (χ2v) is 7.66. The number of hydrogen-bond acceptors (Lipinski definition) is 2. The molecular formula is C19H25Cl2N5. The third-order valence-corrected chi connectivity index (χ3v) is 5.39. The largest absolute Gasteiger partial charge is 0.356 e. The molecule has 2 unspecified atom stereocenters. The maximum Gasteiger partial charge on any atom is 0.193 e. The molecule has 0 aliphatic carbocycles. The number of piperidine rings is 1. The number of likely N-dealkylation sites (tertiary alicyclic amines) is 1. The van der Waals surface area contributed by atoms with Crippen molar-refractivity contribution in [3.05, 3.63) is 52.5 Å². The molecule has 1 N–H and O–H groups in total. The second kappa shape index (κ2) is 8.78. The minimum Gasteiger partial charge on any atom is -0.356 e. The van der Waals surface area contributed by atoms with Gasteiger partial charge in [-0.15, -0.1) is 0 Å². The fourth-order valence-corrected chi connectivity index (χ4v) is 4.07. The summed E-state index contributed by atoms with van der Waals surface area (Å²) in [5, 5.41) is 4.81. The third-order valence-electron chi connectivity index (χ3n) is 4.96. The van der Waals surface area contributed by atoms with Crippen molar-refractivity contribution in [3.8, 4) is 0 Å². The first-order valence-corrected chi connectivity index (χ1v) is 9.70. The van der Waals surface area contributed by atoms with Gasteiger partial charge in [-0.3, -0.25) is 4.99 Å². The van der Waals surface area contributed by atoms with Crippen LogP contribution in [-0.2, 0) is 6.42 Å². The molecule has 2 heterocycles. The summed E-state index contributed by atoms with van der Waals surface area (Å²) < 4.78 is 2.21. The predicted molar refractivity (Wildman–Crippen MR) is 108 cm³/mol. The number of halogens is 2. The molecule has 0 saturated carbocycles. The van der Waals surface area contributed by atoms with Crippen molar-refractivity contribution in [2.45, 2.75) is 25.8 Å². The average molecular weight is 394 g/mol. The van der Waals surface area contributed by atoms with Crippen LogP contribution >= 0.6 is 23.2 Å². The number of hydrogen-bond donors (Lipinski definition) is 1. The lowest BCUT2D eigenvalue weighted by molar-refractivity contribution is 0.189. The van der Waals surface area contributed by atoms with E-state index in [2.05, 4.69) is 31.7 Å². The molecule has 0 amide bonds. The van der Waals surface area contributed by atoms with Gasteiger partial charge in [-0.05, 0) is 42.5 Å². The highest BCUT2D eigenvalue weighted by molar-refractivity contribution is 6.34. The van der Waals surface area contributed by atoms with E-state index in [9.17, 15) is 0 Å². The van der Waals surface area contributed by atoms with E-state index in [0.717, 1.165) is 44.0 Å². The Balaban J connectivity index is 1.58. The molecule has 2 atom stereocenters. The predicted octanol–water partition coefficient (Wildman–Crippen LogP) is 3.89. The molecule has 0 spiro atoms. The van der Waals surface area contributed by atoms with Gasteiger partial charge in [-0.2, -0.15) is 0 Å². The Hall–Kier alpha value is -1.72. The summed E-state index contributed by atoms with van der Waals surface area (Å²) in [6.07, 6.45) is 7.77. The fourth-order valence-electron chi connectivity index (χ4n) is 3.50.